The van der Waals surface area contributed by atoms with Gasteiger partial charge in [0, 0.05) is 6.42 Å². The quantitative estimate of drug-likeness (QED) is 0.683. The highest BCUT2D eigenvalue weighted by Gasteiger charge is 2.27. The number of rotatable bonds is 7. The van der Waals surface area contributed by atoms with Gasteiger partial charge in [-0.1, -0.05) is 11.6 Å². The van der Waals surface area contributed by atoms with Crippen LogP contribution in [0.3, 0.4) is 0 Å². The van der Waals surface area contributed by atoms with Gasteiger partial charge >= 0.3 is 11.9 Å². The molecule has 0 aliphatic carbocycles. The molecule has 1 atom stereocenters. The summed E-state index contributed by atoms with van der Waals surface area (Å²) in [5, 5.41) is 17.1. The zero-order valence-electron chi connectivity index (χ0n) is 10.4. The van der Waals surface area contributed by atoms with Gasteiger partial charge in [0.2, 0.25) is 10.0 Å². The van der Waals surface area contributed by atoms with Crippen molar-refractivity contribution in [3.63, 3.8) is 0 Å². The lowest BCUT2D eigenvalue weighted by atomic mass is 10.2. The van der Waals surface area contributed by atoms with Crippen molar-refractivity contribution < 1.29 is 32.6 Å². The van der Waals surface area contributed by atoms with Gasteiger partial charge in [-0.25, -0.2) is 12.8 Å². The van der Waals surface area contributed by atoms with E-state index in [1.165, 1.54) is 0 Å². The number of nitrogens with one attached hydrogen (secondary N) is 1. The third kappa shape index (κ3) is 4.96. The fraction of sp³-hybridized carbons (Fsp3) is 0.273. The second-order valence-corrected chi connectivity index (χ2v) is 6.11. The average molecular weight is 340 g/mol. The monoisotopic (exact) mass is 339 g/mol. The number of carboxylic acid groups (broad SMARTS) is 2. The number of aliphatic carboxylic acids is 2. The molecule has 0 aliphatic rings. The third-order valence-electron chi connectivity index (χ3n) is 2.43. The molecular formula is C11H11ClFNO6S. The van der Waals surface area contributed by atoms with E-state index >= 15 is 0 Å². The molecule has 0 aromatic heterocycles. The first kappa shape index (κ1) is 17.3. The fourth-order valence-electron chi connectivity index (χ4n) is 1.43. The first-order chi connectivity index (χ1) is 9.63. The predicted octanol–water partition coefficient (Wildman–Crippen LogP) is 1.08. The van der Waals surface area contributed by atoms with Gasteiger partial charge < -0.3 is 10.2 Å². The molecule has 3 N–H and O–H groups in total. The van der Waals surface area contributed by atoms with Gasteiger partial charge in [-0.05, 0) is 24.6 Å². The largest absolute Gasteiger partial charge is 0.481 e. The number of benzene rings is 1. The first-order valence-electron chi connectivity index (χ1n) is 5.55. The van der Waals surface area contributed by atoms with Crippen LogP contribution in [0.4, 0.5) is 4.39 Å². The Morgan fingerprint density at radius 1 is 1.33 bits per heavy atom. The van der Waals surface area contributed by atoms with Crippen molar-refractivity contribution in [1.82, 2.24) is 4.72 Å². The van der Waals surface area contributed by atoms with Crippen LogP contribution in [0.15, 0.2) is 23.1 Å². The Morgan fingerprint density at radius 2 is 1.95 bits per heavy atom. The van der Waals surface area contributed by atoms with Gasteiger partial charge in [-0.15, -0.1) is 0 Å². The minimum Gasteiger partial charge on any atom is -0.481 e. The summed E-state index contributed by atoms with van der Waals surface area (Å²) in [5.74, 6) is -3.69. The Balaban J connectivity index is 3.03. The van der Waals surface area contributed by atoms with Crippen LogP contribution in [0.25, 0.3) is 0 Å². The molecule has 0 radical (unpaired) electrons. The number of carbonyl (C=O) groups is 2. The average Bonchev–Trinajstić information content (AvgIpc) is 2.36. The zero-order chi connectivity index (χ0) is 16.2. The Labute approximate surface area is 124 Å². The van der Waals surface area contributed by atoms with Gasteiger partial charge in [0.15, 0.2) is 0 Å². The van der Waals surface area contributed by atoms with Crippen molar-refractivity contribution in [3.05, 3.63) is 29.0 Å². The van der Waals surface area contributed by atoms with Crippen LogP contribution in [-0.2, 0) is 19.6 Å². The van der Waals surface area contributed by atoms with Crippen LogP contribution in [0.1, 0.15) is 12.8 Å². The van der Waals surface area contributed by atoms with E-state index in [1.807, 2.05) is 0 Å². The molecule has 0 amide bonds. The Morgan fingerprint density at radius 3 is 2.48 bits per heavy atom. The third-order valence-corrected chi connectivity index (χ3v) is 4.38. The number of hydrogen-bond donors (Lipinski definition) is 3. The van der Waals surface area contributed by atoms with Crippen LogP contribution in [0, 0.1) is 5.82 Å². The maximum absolute atomic E-state index is 13.1. The number of hydrogen-bond acceptors (Lipinski definition) is 4. The van der Waals surface area contributed by atoms with Crippen molar-refractivity contribution in [1.29, 1.82) is 0 Å². The normalized spacial score (nSPS) is 12.9. The molecule has 0 aliphatic heterocycles. The van der Waals surface area contributed by atoms with Crippen molar-refractivity contribution in [2.75, 3.05) is 0 Å². The molecule has 0 saturated heterocycles. The Hall–Kier alpha value is -1.71. The van der Waals surface area contributed by atoms with E-state index in [2.05, 4.69) is 0 Å². The summed E-state index contributed by atoms with van der Waals surface area (Å²) in [6, 6.07) is 0.935. The number of halogens is 2. The summed E-state index contributed by atoms with van der Waals surface area (Å²) >= 11 is 5.64. The molecule has 10 heteroatoms. The molecule has 0 fully saturated rings. The van der Waals surface area contributed by atoms with Crippen LogP contribution in [-0.4, -0.2) is 36.6 Å². The lowest BCUT2D eigenvalue weighted by Gasteiger charge is -2.14. The van der Waals surface area contributed by atoms with Gasteiger partial charge in [-0.3, -0.25) is 9.59 Å². The number of sulfonamides is 1. The minimum atomic E-state index is -4.40. The van der Waals surface area contributed by atoms with Crippen molar-refractivity contribution in [2.45, 2.75) is 23.8 Å². The summed E-state index contributed by atoms with van der Waals surface area (Å²) in [6.45, 7) is 0. The predicted molar refractivity (Wildman–Crippen MR) is 70.0 cm³/mol. The molecule has 0 bridgehead atoms. The summed E-state index contributed by atoms with van der Waals surface area (Å²) in [5.41, 5.74) is 0. The van der Waals surface area contributed by atoms with E-state index < -0.39 is 51.6 Å². The second kappa shape index (κ2) is 6.83. The molecule has 116 valence electrons. The van der Waals surface area contributed by atoms with E-state index in [0.717, 1.165) is 12.1 Å². The summed E-state index contributed by atoms with van der Waals surface area (Å²) in [4.78, 5) is 20.7. The lowest BCUT2D eigenvalue weighted by molar-refractivity contribution is -0.140. The lowest BCUT2D eigenvalue weighted by Crippen LogP contribution is -2.41. The summed E-state index contributed by atoms with van der Waals surface area (Å²) < 4.78 is 38.9. The summed E-state index contributed by atoms with van der Waals surface area (Å²) in [6.07, 6.45) is -1.01. The molecule has 0 heterocycles. The standard InChI is InChI=1S/C11H11ClFNO6S/c12-7-2-1-6(13)5-9(7)21(19,20)14-8(11(17)18)3-4-10(15)16/h1-2,5,8,14H,3-4H2,(H,15,16)(H,17,18). The highest BCUT2D eigenvalue weighted by atomic mass is 35.5. The van der Waals surface area contributed by atoms with Crippen LogP contribution >= 0.6 is 11.6 Å². The zero-order valence-corrected chi connectivity index (χ0v) is 12.0. The SMILES string of the molecule is O=C(O)CCC(NS(=O)(=O)c1cc(F)ccc1Cl)C(=O)O. The van der Waals surface area contributed by atoms with Gasteiger partial charge in [0.1, 0.15) is 16.8 Å². The van der Waals surface area contributed by atoms with E-state index in [1.54, 1.807) is 4.72 Å². The molecule has 1 aromatic rings. The molecule has 0 saturated carbocycles. The highest BCUT2D eigenvalue weighted by Crippen LogP contribution is 2.22. The topological polar surface area (TPSA) is 121 Å². The van der Waals surface area contributed by atoms with E-state index in [4.69, 9.17) is 21.8 Å². The van der Waals surface area contributed by atoms with E-state index in [9.17, 15) is 22.4 Å². The molecule has 21 heavy (non-hydrogen) atoms. The van der Waals surface area contributed by atoms with Crippen LogP contribution in [0.5, 0.6) is 0 Å². The molecule has 7 nitrogen and oxygen atoms in total. The maximum atomic E-state index is 13.1. The molecule has 0 spiro atoms. The summed E-state index contributed by atoms with van der Waals surface area (Å²) in [7, 11) is -4.40. The van der Waals surface area contributed by atoms with Gasteiger partial charge in [-0.2, -0.15) is 4.72 Å². The van der Waals surface area contributed by atoms with Gasteiger partial charge in [0.25, 0.3) is 0 Å². The Bertz CT molecular complexity index is 663. The fourth-order valence-corrected chi connectivity index (χ4v) is 3.17. The van der Waals surface area contributed by atoms with Crippen LogP contribution < -0.4 is 4.72 Å². The van der Waals surface area contributed by atoms with E-state index in [-0.39, 0.29) is 5.02 Å². The van der Waals surface area contributed by atoms with Crippen LogP contribution in [0.2, 0.25) is 5.02 Å². The maximum Gasteiger partial charge on any atom is 0.321 e. The van der Waals surface area contributed by atoms with Crippen molar-refractivity contribution in [2.24, 2.45) is 0 Å². The molecule has 1 rings (SSSR count). The molecule has 1 aromatic carbocycles. The first-order valence-corrected chi connectivity index (χ1v) is 7.41. The van der Waals surface area contributed by atoms with Crippen molar-refractivity contribution >= 4 is 33.6 Å². The number of carboxylic acids is 2. The Kier molecular flexibility index (Phi) is 5.64. The molecule has 1 unspecified atom stereocenters. The van der Waals surface area contributed by atoms with Gasteiger partial charge in [0.05, 0.1) is 5.02 Å². The van der Waals surface area contributed by atoms with E-state index in [0.29, 0.717) is 6.07 Å². The minimum absolute atomic E-state index is 0.286. The molecular weight excluding hydrogens is 329 g/mol. The smallest absolute Gasteiger partial charge is 0.321 e. The highest BCUT2D eigenvalue weighted by molar-refractivity contribution is 7.89. The second-order valence-electron chi connectivity index (χ2n) is 4.02. The van der Waals surface area contributed by atoms with Crippen molar-refractivity contribution in [3.8, 4) is 0 Å².